The third kappa shape index (κ3) is 3.77. The molecular weight excluding hydrogens is 267 g/mol. The van der Waals surface area contributed by atoms with Crippen molar-refractivity contribution in [3.05, 3.63) is 28.5 Å². The molecule has 0 aliphatic rings. The summed E-state index contributed by atoms with van der Waals surface area (Å²) >= 11 is 3.03. The Labute approximate surface area is 95.6 Å². The molecule has 1 aromatic carbocycles. The van der Waals surface area contributed by atoms with Crippen LogP contribution >= 0.6 is 15.9 Å². The van der Waals surface area contributed by atoms with Gasteiger partial charge >= 0.3 is 0 Å². The number of halogens is 2. The predicted molar refractivity (Wildman–Crippen MR) is 57.3 cm³/mol. The minimum atomic E-state index is -0.406. The van der Waals surface area contributed by atoms with Crippen molar-refractivity contribution in [2.75, 3.05) is 19.8 Å². The normalized spacial score (nSPS) is 10.7. The largest absolute Gasteiger partial charge is 0.493 e. The molecule has 0 atom stereocenters. The van der Waals surface area contributed by atoms with E-state index in [1.165, 1.54) is 12.1 Å². The van der Waals surface area contributed by atoms with E-state index in [-0.39, 0.29) is 25.7 Å². The summed E-state index contributed by atoms with van der Waals surface area (Å²) in [4.78, 5) is 0. The number of aliphatic hydroxyl groups is 2. The zero-order valence-electron chi connectivity index (χ0n) is 7.99. The highest BCUT2D eigenvalue weighted by Gasteiger charge is 2.07. The zero-order valence-corrected chi connectivity index (χ0v) is 9.58. The summed E-state index contributed by atoms with van der Waals surface area (Å²) in [7, 11) is 0. The quantitative estimate of drug-likeness (QED) is 0.860. The molecule has 15 heavy (non-hydrogen) atoms. The van der Waals surface area contributed by atoms with Crippen molar-refractivity contribution in [1.82, 2.24) is 0 Å². The van der Waals surface area contributed by atoms with E-state index in [0.717, 1.165) is 0 Å². The summed E-state index contributed by atoms with van der Waals surface area (Å²) < 4.78 is 18.6. The molecular formula is C10H12BrFO3. The van der Waals surface area contributed by atoms with Crippen LogP contribution in [0.5, 0.6) is 5.75 Å². The smallest absolute Gasteiger partial charge is 0.141 e. The van der Waals surface area contributed by atoms with Gasteiger partial charge in [0.25, 0.3) is 0 Å². The highest BCUT2D eigenvalue weighted by molar-refractivity contribution is 9.10. The molecule has 0 heterocycles. The van der Waals surface area contributed by atoms with Gasteiger partial charge in [-0.1, -0.05) is 0 Å². The lowest BCUT2D eigenvalue weighted by Crippen LogP contribution is -2.19. The molecule has 0 aliphatic carbocycles. The van der Waals surface area contributed by atoms with Crippen LogP contribution in [0, 0.1) is 11.7 Å². The standard InChI is InChI=1S/C10H12BrFO3/c11-9-2-1-8(3-10(9)12)15-6-7(4-13)5-14/h1-3,7,13-14H,4-6H2. The average molecular weight is 279 g/mol. The van der Waals surface area contributed by atoms with Gasteiger partial charge in [0.05, 0.1) is 24.3 Å². The van der Waals surface area contributed by atoms with Crippen LogP contribution in [0.2, 0.25) is 0 Å². The first-order chi connectivity index (χ1) is 7.17. The minimum absolute atomic E-state index is 0.157. The van der Waals surface area contributed by atoms with Crippen LogP contribution in [0.15, 0.2) is 22.7 Å². The maximum Gasteiger partial charge on any atom is 0.141 e. The lowest BCUT2D eigenvalue weighted by Gasteiger charge is -2.12. The lowest BCUT2D eigenvalue weighted by molar-refractivity contribution is 0.106. The summed E-state index contributed by atoms with van der Waals surface area (Å²) in [6, 6.07) is 4.40. The molecule has 84 valence electrons. The number of benzene rings is 1. The first-order valence-electron chi connectivity index (χ1n) is 4.47. The maximum absolute atomic E-state index is 13.0. The SMILES string of the molecule is OCC(CO)COc1ccc(Br)c(F)c1. The number of rotatable bonds is 5. The van der Waals surface area contributed by atoms with Crippen LogP contribution in [0.4, 0.5) is 4.39 Å². The van der Waals surface area contributed by atoms with Gasteiger partial charge in [0.15, 0.2) is 0 Å². The molecule has 1 rings (SSSR count). The van der Waals surface area contributed by atoms with Crippen molar-refractivity contribution in [3.8, 4) is 5.75 Å². The molecule has 0 aliphatic heterocycles. The van der Waals surface area contributed by atoms with Crippen LogP contribution in [-0.4, -0.2) is 30.0 Å². The Hall–Kier alpha value is -0.650. The number of ether oxygens (including phenoxy) is 1. The number of hydrogen-bond donors (Lipinski definition) is 2. The van der Waals surface area contributed by atoms with Gasteiger partial charge in [-0.15, -0.1) is 0 Å². The fourth-order valence-corrected chi connectivity index (χ4v) is 1.19. The predicted octanol–water partition coefficient (Wildman–Crippen LogP) is 1.57. The molecule has 0 saturated carbocycles. The first kappa shape index (κ1) is 12.4. The van der Waals surface area contributed by atoms with Gasteiger partial charge < -0.3 is 14.9 Å². The van der Waals surface area contributed by atoms with Crippen molar-refractivity contribution >= 4 is 15.9 Å². The Morgan fingerprint density at radius 3 is 2.53 bits per heavy atom. The topological polar surface area (TPSA) is 49.7 Å². The lowest BCUT2D eigenvalue weighted by atomic mass is 10.2. The summed E-state index contributed by atoms with van der Waals surface area (Å²) in [6.45, 7) is -0.154. The van der Waals surface area contributed by atoms with E-state index >= 15 is 0 Å². The van der Waals surface area contributed by atoms with Gasteiger partial charge in [-0.3, -0.25) is 0 Å². The minimum Gasteiger partial charge on any atom is -0.493 e. The first-order valence-corrected chi connectivity index (χ1v) is 5.26. The molecule has 0 aromatic heterocycles. The van der Waals surface area contributed by atoms with Gasteiger partial charge in [0.1, 0.15) is 11.6 Å². The monoisotopic (exact) mass is 278 g/mol. The Bertz CT molecular complexity index is 316. The van der Waals surface area contributed by atoms with Crippen LogP contribution < -0.4 is 4.74 Å². The van der Waals surface area contributed by atoms with E-state index in [1.807, 2.05) is 0 Å². The Morgan fingerprint density at radius 1 is 1.33 bits per heavy atom. The van der Waals surface area contributed by atoms with Crippen molar-refractivity contribution in [1.29, 1.82) is 0 Å². The van der Waals surface area contributed by atoms with Crippen LogP contribution in [0.3, 0.4) is 0 Å². The van der Waals surface area contributed by atoms with Gasteiger partial charge in [-0.2, -0.15) is 0 Å². The number of aliphatic hydroxyl groups excluding tert-OH is 2. The van der Waals surface area contributed by atoms with Crippen LogP contribution in [0.25, 0.3) is 0 Å². The molecule has 3 nitrogen and oxygen atoms in total. The Morgan fingerprint density at radius 2 is 2.00 bits per heavy atom. The van der Waals surface area contributed by atoms with Gasteiger partial charge in [-0.25, -0.2) is 4.39 Å². The van der Waals surface area contributed by atoms with Gasteiger partial charge in [0.2, 0.25) is 0 Å². The van der Waals surface area contributed by atoms with E-state index in [0.29, 0.717) is 10.2 Å². The highest BCUT2D eigenvalue weighted by Crippen LogP contribution is 2.21. The second-order valence-electron chi connectivity index (χ2n) is 3.12. The number of hydrogen-bond acceptors (Lipinski definition) is 3. The summed E-state index contributed by atoms with van der Waals surface area (Å²) in [5, 5.41) is 17.6. The van der Waals surface area contributed by atoms with E-state index in [4.69, 9.17) is 14.9 Å². The molecule has 0 saturated heterocycles. The summed E-state index contributed by atoms with van der Waals surface area (Å²) in [6.07, 6.45) is 0. The zero-order chi connectivity index (χ0) is 11.3. The van der Waals surface area contributed by atoms with Crippen LogP contribution in [0.1, 0.15) is 0 Å². The van der Waals surface area contributed by atoms with Crippen molar-refractivity contribution in [2.45, 2.75) is 0 Å². The molecule has 0 spiro atoms. The van der Waals surface area contributed by atoms with E-state index in [9.17, 15) is 4.39 Å². The fraction of sp³-hybridized carbons (Fsp3) is 0.400. The van der Waals surface area contributed by atoms with Crippen molar-refractivity contribution in [2.24, 2.45) is 5.92 Å². The second-order valence-corrected chi connectivity index (χ2v) is 3.97. The summed E-state index contributed by atoms with van der Waals surface area (Å²) in [5.41, 5.74) is 0. The molecule has 0 bridgehead atoms. The van der Waals surface area contributed by atoms with E-state index in [1.54, 1.807) is 6.07 Å². The molecule has 0 fully saturated rings. The highest BCUT2D eigenvalue weighted by atomic mass is 79.9. The molecule has 0 radical (unpaired) electrons. The Kier molecular flexibility index (Phi) is 5.01. The van der Waals surface area contributed by atoms with E-state index < -0.39 is 5.82 Å². The van der Waals surface area contributed by atoms with Crippen molar-refractivity contribution in [3.63, 3.8) is 0 Å². The fourth-order valence-electron chi connectivity index (χ4n) is 0.944. The third-order valence-corrected chi connectivity index (χ3v) is 2.54. The molecule has 0 unspecified atom stereocenters. The van der Waals surface area contributed by atoms with Gasteiger partial charge in [0, 0.05) is 12.0 Å². The molecule has 0 amide bonds. The van der Waals surface area contributed by atoms with E-state index in [2.05, 4.69) is 15.9 Å². The third-order valence-electron chi connectivity index (χ3n) is 1.89. The molecule has 2 N–H and O–H groups in total. The van der Waals surface area contributed by atoms with Gasteiger partial charge in [-0.05, 0) is 28.1 Å². The Balaban J connectivity index is 2.54. The summed E-state index contributed by atoms with van der Waals surface area (Å²) in [5.74, 6) is -0.364. The van der Waals surface area contributed by atoms with Crippen molar-refractivity contribution < 1.29 is 19.3 Å². The maximum atomic E-state index is 13.0. The molecule has 5 heteroatoms. The van der Waals surface area contributed by atoms with Crippen LogP contribution in [-0.2, 0) is 0 Å². The second kappa shape index (κ2) is 6.05. The molecule has 1 aromatic rings. The average Bonchev–Trinajstić information content (AvgIpc) is 2.24.